The third-order valence-electron chi connectivity index (χ3n) is 3.10. The van der Waals surface area contributed by atoms with Gasteiger partial charge in [0.05, 0.1) is 5.52 Å². The number of hydrogen-bond acceptors (Lipinski definition) is 5. The van der Waals surface area contributed by atoms with E-state index >= 15 is 0 Å². The van der Waals surface area contributed by atoms with E-state index in [9.17, 15) is 9.59 Å². The van der Waals surface area contributed by atoms with Gasteiger partial charge in [-0.3, -0.25) is 9.59 Å². The van der Waals surface area contributed by atoms with E-state index in [-0.39, 0.29) is 24.6 Å². The molecule has 2 aromatic rings. The molecule has 0 aliphatic carbocycles. The molecule has 0 saturated heterocycles. The molecular weight excluding hydrogens is 284 g/mol. The lowest BCUT2D eigenvalue weighted by atomic mass is 10.1. The van der Waals surface area contributed by atoms with Gasteiger partial charge in [0, 0.05) is 18.1 Å². The lowest BCUT2D eigenvalue weighted by Crippen LogP contribution is -2.13. The van der Waals surface area contributed by atoms with Gasteiger partial charge in [0.2, 0.25) is 5.75 Å². The standard InChI is InChI=1S/C16H18N2O4/c1-10(2)6-7-21-14-12-5-4-11(17-3)8-13(12)18-16(20)15(14)22-9-19/h4-6,8-9,17H,7H2,1-3H3,(H,18,20). The molecule has 2 rings (SSSR count). The van der Waals surface area contributed by atoms with Crippen LogP contribution in [-0.4, -0.2) is 25.1 Å². The molecule has 1 aromatic carbocycles. The molecule has 0 spiro atoms. The number of benzene rings is 1. The molecule has 116 valence electrons. The highest BCUT2D eigenvalue weighted by Gasteiger charge is 2.16. The number of pyridine rings is 1. The number of allylic oxidation sites excluding steroid dienone is 1. The highest BCUT2D eigenvalue weighted by Crippen LogP contribution is 2.32. The molecule has 6 heteroatoms. The molecule has 0 unspecified atom stereocenters. The predicted molar refractivity (Wildman–Crippen MR) is 85.7 cm³/mol. The largest absolute Gasteiger partial charge is 0.485 e. The van der Waals surface area contributed by atoms with E-state index in [1.807, 2.05) is 26.0 Å². The fourth-order valence-electron chi connectivity index (χ4n) is 2.00. The van der Waals surface area contributed by atoms with Crippen LogP contribution in [0.4, 0.5) is 5.69 Å². The minimum absolute atomic E-state index is 0.137. The Bertz CT molecular complexity index is 774. The molecule has 0 fully saturated rings. The Kier molecular flexibility index (Phi) is 4.83. The van der Waals surface area contributed by atoms with E-state index in [2.05, 4.69) is 10.3 Å². The summed E-state index contributed by atoms with van der Waals surface area (Å²) in [7, 11) is 1.79. The number of aromatic amines is 1. The minimum Gasteiger partial charge on any atom is -0.485 e. The summed E-state index contributed by atoms with van der Waals surface area (Å²) in [5, 5.41) is 3.66. The van der Waals surface area contributed by atoms with Crippen LogP contribution in [0.15, 0.2) is 34.6 Å². The number of rotatable bonds is 6. The Hall–Kier alpha value is -2.76. The van der Waals surface area contributed by atoms with E-state index in [0.29, 0.717) is 10.9 Å². The topological polar surface area (TPSA) is 80.4 Å². The molecule has 1 heterocycles. The summed E-state index contributed by atoms with van der Waals surface area (Å²) in [5.74, 6) is 0.118. The number of nitrogens with one attached hydrogen (secondary N) is 2. The van der Waals surface area contributed by atoms with Crippen LogP contribution in [-0.2, 0) is 4.79 Å². The van der Waals surface area contributed by atoms with Crippen molar-refractivity contribution < 1.29 is 14.3 Å². The molecular formula is C16H18N2O4. The van der Waals surface area contributed by atoms with Crippen molar-refractivity contribution in [2.45, 2.75) is 13.8 Å². The van der Waals surface area contributed by atoms with Crippen molar-refractivity contribution in [3.05, 3.63) is 40.2 Å². The number of hydrogen-bond donors (Lipinski definition) is 2. The maximum Gasteiger partial charge on any atom is 0.298 e. The Morgan fingerprint density at radius 2 is 2.09 bits per heavy atom. The summed E-state index contributed by atoms with van der Waals surface area (Å²) < 4.78 is 10.5. The first-order valence-electron chi connectivity index (χ1n) is 6.81. The SMILES string of the molecule is CNc1ccc2c(OCC=C(C)C)c(OC=O)c(=O)[nH]c2c1. The van der Waals surface area contributed by atoms with E-state index in [1.54, 1.807) is 19.2 Å². The van der Waals surface area contributed by atoms with E-state index in [1.165, 1.54) is 0 Å². The van der Waals surface area contributed by atoms with Gasteiger partial charge in [-0.15, -0.1) is 0 Å². The molecule has 1 aromatic heterocycles. The molecule has 0 atom stereocenters. The fraction of sp³-hybridized carbons (Fsp3) is 0.250. The molecule has 0 saturated carbocycles. The average Bonchev–Trinajstić information content (AvgIpc) is 2.49. The molecule has 0 aliphatic rings. The minimum atomic E-state index is -0.514. The van der Waals surface area contributed by atoms with Crippen LogP contribution >= 0.6 is 0 Å². The molecule has 0 bridgehead atoms. The van der Waals surface area contributed by atoms with Gasteiger partial charge in [0.25, 0.3) is 12.0 Å². The van der Waals surface area contributed by atoms with Crippen LogP contribution in [0.2, 0.25) is 0 Å². The quantitative estimate of drug-likeness (QED) is 0.633. The highest BCUT2D eigenvalue weighted by atomic mass is 16.5. The Balaban J connectivity index is 2.60. The Labute approximate surface area is 127 Å². The molecule has 2 N–H and O–H groups in total. The Morgan fingerprint density at radius 1 is 1.32 bits per heavy atom. The first-order chi connectivity index (χ1) is 10.6. The molecule has 22 heavy (non-hydrogen) atoms. The molecule has 0 radical (unpaired) electrons. The van der Waals surface area contributed by atoms with Gasteiger partial charge >= 0.3 is 0 Å². The fourth-order valence-corrected chi connectivity index (χ4v) is 2.00. The van der Waals surface area contributed by atoms with Gasteiger partial charge in [0.1, 0.15) is 6.61 Å². The highest BCUT2D eigenvalue weighted by molar-refractivity contribution is 5.90. The van der Waals surface area contributed by atoms with Crippen LogP contribution < -0.4 is 20.3 Å². The second-order valence-corrected chi connectivity index (χ2v) is 4.93. The van der Waals surface area contributed by atoms with Crippen LogP contribution in [0.5, 0.6) is 11.5 Å². The second kappa shape index (κ2) is 6.80. The van der Waals surface area contributed by atoms with Crippen molar-refractivity contribution in [3.63, 3.8) is 0 Å². The monoisotopic (exact) mass is 302 g/mol. The van der Waals surface area contributed by atoms with E-state index in [0.717, 1.165) is 11.3 Å². The van der Waals surface area contributed by atoms with E-state index < -0.39 is 5.56 Å². The number of H-pyrrole nitrogens is 1. The molecule has 0 amide bonds. The number of carbonyl (C=O) groups excluding carboxylic acids is 1. The second-order valence-electron chi connectivity index (χ2n) is 4.93. The summed E-state index contributed by atoms with van der Waals surface area (Å²) in [6.07, 6.45) is 1.87. The molecule has 0 aliphatic heterocycles. The number of fused-ring (bicyclic) bond motifs is 1. The summed E-state index contributed by atoms with van der Waals surface area (Å²) >= 11 is 0. The van der Waals surface area contributed by atoms with Crippen molar-refractivity contribution in [1.29, 1.82) is 0 Å². The Morgan fingerprint density at radius 3 is 2.73 bits per heavy atom. The van der Waals surface area contributed by atoms with Crippen molar-refractivity contribution in [2.24, 2.45) is 0 Å². The third kappa shape index (κ3) is 3.28. The number of aromatic nitrogens is 1. The van der Waals surface area contributed by atoms with Crippen LogP contribution in [0.25, 0.3) is 10.9 Å². The summed E-state index contributed by atoms with van der Waals surface area (Å²) in [6.45, 7) is 4.39. The smallest absolute Gasteiger partial charge is 0.298 e. The van der Waals surface area contributed by atoms with E-state index in [4.69, 9.17) is 9.47 Å². The third-order valence-corrected chi connectivity index (χ3v) is 3.10. The van der Waals surface area contributed by atoms with Gasteiger partial charge in [0.15, 0.2) is 5.75 Å². The lowest BCUT2D eigenvalue weighted by Gasteiger charge is -2.12. The first kappa shape index (κ1) is 15.6. The summed E-state index contributed by atoms with van der Waals surface area (Å²) in [5.41, 5.74) is 2.02. The maximum atomic E-state index is 12.1. The normalized spacial score (nSPS) is 10.1. The summed E-state index contributed by atoms with van der Waals surface area (Å²) in [6, 6.07) is 5.43. The number of ether oxygens (including phenoxy) is 2. The van der Waals surface area contributed by atoms with Crippen molar-refractivity contribution in [1.82, 2.24) is 4.98 Å². The molecule has 6 nitrogen and oxygen atoms in total. The van der Waals surface area contributed by atoms with Crippen LogP contribution in [0.1, 0.15) is 13.8 Å². The predicted octanol–water partition coefficient (Wildman–Crippen LogP) is 2.45. The van der Waals surface area contributed by atoms with Crippen LogP contribution in [0, 0.1) is 0 Å². The zero-order chi connectivity index (χ0) is 16.1. The maximum absolute atomic E-state index is 12.1. The van der Waals surface area contributed by atoms with Gasteiger partial charge in [-0.05, 0) is 38.1 Å². The number of carbonyl (C=O) groups is 1. The number of anilines is 1. The van der Waals surface area contributed by atoms with Crippen molar-refractivity contribution >= 4 is 23.1 Å². The summed E-state index contributed by atoms with van der Waals surface area (Å²) in [4.78, 5) is 25.4. The van der Waals surface area contributed by atoms with Gasteiger partial charge in [-0.25, -0.2) is 0 Å². The van der Waals surface area contributed by atoms with Crippen molar-refractivity contribution in [3.8, 4) is 11.5 Å². The zero-order valence-corrected chi connectivity index (χ0v) is 12.7. The first-order valence-corrected chi connectivity index (χ1v) is 6.81. The average molecular weight is 302 g/mol. The van der Waals surface area contributed by atoms with Gasteiger partial charge in [-0.1, -0.05) is 5.57 Å². The van der Waals surface area contributed by atoms with Gasteiger partial charge in [-0.2, -0.15) is 0 Å². The van der Waals surface area contributed by atoms with Gasteiger partial charge < -0.3 is 19.8 Å². The lowest BCUT2D eigenvalue weighted by molar-refractivity contribution is -0.120. The zero-order valence-electron chi connectivity index (χ0n) is 12.7. The van der Waals surface area contributed by atoms with Crippen molar-refractivity contribution in [2.75, 3.05) is 19.0 Å². The van der Waals surface area contributed by atoms with Crippen LogP contribution in [0.3, 0.4) is 0 Å².